The first-order chi connectivity index (χ1) is 9.52. The van der Waals surface area contributed by atoms with Crippen molar-refractivity contribution in [2.24, 2.45) is 11.3 Å². The van der Waals surface area contributed by atoms with Crippen molar-refractivity contribution in [1.29, 1.82) is 0 Å². The molecule has 0 spiro atoms. The summed E-state index contributed by atoms with van der Waals surface area (Å²) in [6, 6.07) is 0.694. The molecule has 1 N–H and O–H groups in total. The van der Waals surface area contributed by atoms with E-state index in [1.54, 1.807) is 0 Å². The Labute approximate surface area is 121 Å². The summed E-state index contributed by atoms with van der Waals surface area (Å²) in [7, 11) is 0. The van der Waals surface area contributed by atoms with Gasteiger partial charge in [0.25, 0.3) is 0 Å². The lowest BCUT2D eigenvalue weighted by Crippen LogP contribution is -2.25. The van der Waals surface area contributed by atoms with Crippen molar-refractivity contribution in [1.82, 2.24) is 15.5 Å². The van der Waals surface area contributed by atoms with E-state index in [4.69, 9.17) is 4.52 Å². The molecule has 3 rings (SSSR count). The summed E-state index contributed by atoms with van der Waals surface area (Å²) >= 11 is 0. The molecule has 0 unspecified atom stereocenters. The van der Waals surface area contributed by atoms with Gasteiger partial charge in [0, 0.05) is 12.0 Å². The van der Waals surface area contributed by atoms with E-state index in [9.17, 15) is 0 Å². The fraction of sp³-hybridized carbons (Fsp3) is 0.875. The van der Waals surface area contributed by atoms with E-state index < -0.39 is 0 Å². The molecular weight excluding hydrogens is 250 g/mol. The Balaban J connectivity index is 1.52. The lowest BCUT2D eigenvalue weighted by Gasteiger charge is -2.35. The van der Waals surface area contributed by atoms with Crippen molar-refractivity contribution >= 4 is 0 Å². The molecule has 2 aliphatic rings. The van der Waals surface area contributed by atoms with Gasteiger partial charge in [-0.2, -0.15) is 4.98 Å². The van der Waals surface area contributed by atoms with Crippen molar-refractivity contribution in [2.45, 2.75) is 77.8 Å². The van der Waals surface area contributed by atoms with Crippen LogP contribution < -0.4 is 5.32 Å². The largest absolute Gasteiger partial charge is 0.339 e. The lowest BCUT2D eigenvalue weighted by molar-refractivity contribution is 0.159. The number of rotatable bonds is 4. The van der Waals surface area contributed by atoms with E-state index in [2.05, 4.69) is 36.2 Å². The Morgan fingerprint density at radius 2 is 1.80 bits per heavy atom. The molecular formula is C16H27N3O. The van der Waals surface area contributed by atoms with Crippen LogP contribution in [0.15, 0.2) is 4.52 Å². The van der Waals surface area contributed by atoms with Crippen LogP contribution in [0.1, 0.15) is 76.9 Å². The maximum Gasteiger partial charge on any atom is 0.229 e. The molecule has 0 radical (unpaired) electrons. The maximum atomic E-state index is 5.48. The van der Waals surface area contributed by atoms with Crippen molar-refractivity contribution in [3.63, 3.8) is 0 Å². The van der Waals surface area contributed by atoms with Gasteiger partial charge in [-0.1, -0.05) is 25.9 Å². The SMILES string of the molecule is CC(C)(C)C1CCC(c2nc(CNC3CC3)no2)CC1. The molecule has 2 saturated carbocycles. The van der Waals surface area contributed by atoms with Crippen molar-refractivity contribution < 1.29 is 4.52 Å². The van der Waals surface area contributed by atoms with E-state index in [0.717, 1.165) is 24.2 Å². The molecule has 2 aliphatic carbocycles. The Hall–Kier alpha value is -0.900. The third-order valence-corrected chi connectivity index (χ3v) is 4.91. The minimum atomic E-state index is 0.430. The first kappa shape index (κ1) is 14.1. The van der Waals surface area contributed by atoms with Crippen LogP contribution in [0.25, 0.3) is 0 Å². The highest BCUT2D eigenvalue weighted by Crippen LogP contribution is 2.42. The predicted molar refractivity (Wildman–Crippen MR) is 78.3 cm³/mol. The van der Waals surface area contributed by atoms with Crippen LogP contribution in [0.3, 0.4) is 0 Å². The van der Waals surface area contributed by atoms with Crippen LogP contribution in [0.2, 0.25) is 0 Å². The molecule has 112 valence electrons. The van der Waals surface area contributed by atoms with E-state index in [1.807, 2.05) is 0 Å². The molecule has 2 fully saturated rings. The first-order valence-corrected chi connectivity index (χ1v) is 8.08. The number of hydrogen-bond acceptors (Lipinski definition) is 4. The molecule has 1 heterocycles. The second-order valence-corrected chi connectivity index (χ2v) is 7.62. The molecule has 4 nitrogen and oxygen atoms in total. The number of nitrogens with zero attached hydrogens (tertiary/aromatic N) is 2. The fourth-order valence-electron chi connectivity index (χ4n) is 3.23. The highest BCUT2D eigenvalue weighted by molar-refractivity contribution is 4.98. The summed E-state index contributed by atoms with van der Waals surface area (Å²) in [5, 5.41) is 7.54. The average molecular weight is 277 g/mol. The van der Waals surface area contributed by atoms with Gasteiger partial charge in [-0.25, -0.2) is 0 Å². The van der Waals surface area contributed by atoms with Crippen molar-refractivity contribution in [3.05, 3.63) is 11.7 Å². The summed E-state index contributed by atoms with van der Waals surface area (Å²) in [6.45, 7) is 7.82. The second kappa shape index (κ2) is 5.47. The van der Waals surface area contributed by atoms with Gasteiger partial charge in [-0.3, -0.25) is 0 Å². The minimum absolute atomic E-state index is 0.430. The highest BCUT2D eigenvalue weighted by atomic mass is 16.5. The van der Waals surface area contributed by atoms with Gasteiger partial charge in [0.1, 0.15) is 0 Å². The molecule has 0 aliphatic heterocycles. The predicted octanol–water partition coefficient (Wildman–Crippen LogP) is 3.64. The Morgan fingerprint density at radius 3 is 2.40 bits per heavy atom. The Kier molecular flexibility index (Phi) is 3.85. The highest BCUT2D eigenvalue weighted by Gasteiger charge is 2.32. The number of hydrogen-bond donors (Lipinski definition) is 1. The summed E-state index contributed by atoms with van der Waals surface area (Å²) < 4.78 is 5.48. The van der Waals surface area contributed by atoms with Crippen LogP contribution in [0.4, 0.5) is 0 Å². The van der Waals surface area contributed by atoms with E-state index in [-0.39, 0.29) is 0 Å². The standard InChI is InChI=1S/C16H27N3O/c1-16(2,3)12-6-4-11(5-7-12)15-18-14(19-20-15)10-17-13-8-9-13/h11-13,17H,4-10H2,1-3H3. The number of nitrogens with one attached hydrogen (secondary N) is 1. The molecule has 0 atom stereocenters. The lowest BCUT2D eigenvalue weighted by atomic mass is 9.70. The third-order valence-electron chi connectivity index (χ3n) is 4.91. The second-order valence-electron chi connectivity index (χ2n) is 7.62. The fourth-order valence-corrected chi connectivity index (χ4v) is 3.23. The smallest absolute Gasteiger partial charge is 0.229 e. The van der Waals surface area contributed by atoms with Crippen LogP contribution in [-0.4, -0.2) is 16.2 Å². The normalized spacial score (nSPS) is 27.8. The minimum Gasteiger partial charge on any atom is -0.339 e. The van der Waals surface area contributed by atoms with Crippen LogP contribution in [-0.2, 0) is 6.54 Å². The summed E-state index contributed by atoms with van der Waals surface area (Å²) in [5.74, 6) is 3.00. The first-order valence-electron chi connectivity index (χ1n) is 8.08. The zero-order valence-corrected chi connectivity index (χ0v) is 13.0. The van der Waals surface area contributed by atoms with E-state index in [1.165, 1.54) is 38.5 Å². The van der Waals surface area contributed by atoms with Gasteiger partial charge >= 0.3 is 0 Å². The van der Waals surface area contributed by atoms with Crippen LogP contribution >= 0.6 is 0 Å². The topological polar surface area (TPSA) is 51.0 Å². The van der Waals surface area contributed by atoms with Gasteiger partial charge in [0.2, 0.25) is 5.89 Å². The molecule has 1 aromatic rings. The van der Waals surface area contributed by atoms with Crippen molar-refractivity contribution in [2.75, 3.05) is 0 Å². The molecule has 0 bridgehead atoms. The third kappa shape index (κ3) is 3.40. The summed E-state index contributed by atoms with van der Waals surface area (Å²) in [5.41, 5.74) is 0.430. The number of aromatic nitrogens is 2. The summed E-state index contributed by atoms with van der Waals surface area (Å²) in [4.78, 5) is 4.58. The quantitative estimate of drug-likeness (QED) is 0.913. The van der Waals surface area contributed by atoms with Gasteiger partial charge in [0.05, 0.1) is 6.54 Å². The summed E-state index contributed by atoms with van der Waals surface area (Å²) in [6.07, 6.45) is 7.54. The maximum absolute atomic E-state index is 5.48. The molecule has 0 aromatic carbocycles. The Morgan fingerprint density at radius 1 is 1.10 bits per heavy atom. The van der Waals surface area contributed by atoms with E-state index >= 15 is 0 Å². The zero-order valence-electron chi connectivity index (χ0n) is 13.0. The monoisotopic (exact) mass is 277 g/mol. The zero-order chi connectivity index (χ0) is 14.2. The van der Waals surface area contributed by atoms with Gasteiger partial charge < -0.3 is 9.84 Å². The van der Waals surface area contributed by atoms with Crippen LogP contribution in [0.5, 0.6) is 0 Å². The van der Waals surface area contributed by atoms with Gasteiger partial charge in [-0.05, 0) is 49.9 Å². The molecule has 4 heteroatoms. The van der Waals surface area contributed by atoms with Gasteiger partial charge in [0.15, 0.2) is 5.82 Å². The average Bonchev–Trinajstić information content (AvgIpc) is 3.13. The Bertz CT molecular complexity index is 437. The van der Waals surface area contributed by atoms with Crippen molar-refractivity contribution in [3.8, 4) is 0 Å². The van der Waals surface area contributed by atoms with Crippen LogP contribution in [0, 0.1) is 11.3 Å². The molecule has 0 amide bonds. The molecule has 20 heavy (non-hydrogen) atoms. The van der Waals surface area contributed by atoms with Gasteiger partial charge in [-0.15, -0.1) is 0 Å². The van der Waals surface area contributed by atoms with E-state index in [0.29, 0.717) is 17.4 Å². The molecule has 1 aromatic heterocycles. The molecule has 0 saturated heterocycles.